The van der Waals surface area contributed by atoms with Crippen molar-refractivity contribution in [2.45, 2.75) is 26.3 Å². The number of ether oxygens (including phenoxy) is 2. The van der Waals surface area contributed by atoms with E-state index in [1.54, 1.807) is 24.3 Å². The molecule has 0 aromatic heterocycles. The van der Waals surface area contributed by atoms with E-state index in [0.29, 0.717) is 28.1 Å². The number of amides is 1. The minimum absolute atomic E-state index is 0.0369. The average Bonchev–Trinajstić information content (AvgIpc) is 3.17. The molecule has 4 rings (SSSR count). The molecule has 1 saturated heterocycles. The predicted octanol–water partition coefficient (Wildman–Crippen LogP) is 4.98. The number of aliphatic hydroxyl groups is 1. The fourth-order valence-electron chi connectivity index (χ4n) is 4.38. The first-order valence-electron chi connectivity index (χ1n) is 11.5. The van der Waals surface area contributed by atoms with E-state index in [0.717, 1.165) is 17.5 Å². The number of nitrogens with zero attached hydrogens (tertiary/aromatic N) is 1. The second-order valence-corrected chi connectivity index (χ2v) is 8.51. The van der Waals surface area contributed by atoms with Gasteiger partial charge in [-0.3, -0.25) is 14.5 Å². The third-order valence-corrected chi connectivity index (χ3v) is 6.32. The van der Waals surface area contributed by atoms with Gasteiger partial charge in [0, 0.05) is 5.69 Å². The summed E-state index contributed by atoms with van der Waals surface area (Å²) in [5, 5.41) is 11.4. The van der Waals surface area contributed by atoms with Crippen molar-refractivity contribution in [2.75, 3.05) is 19.1 Å². The highest BCUT2D eigenvalue weighted by atomic mass is 16.5. The van der Waals surface area contributed by atoms with E-state index in [1.807, 2.05) is 44.2 Å². The van der Waals surface area contributed by atoms with Gasteiger partial charge in [-0.2, -0.15) is 0 Å². The third-order valence-electron chi connectivity index (χ3n) is 6.32. The van der Waals surface area contributed by atoms with Gasteiger partial charge in [0.1, 0.15) is 11.5 Å². The number of Topliss-reactive ketones (excluding diaryl/α,β-unsaturated/α-hetero) is 1. The maximum atomic E-state index is 13.4. The number of esters is 1. The Balaban J connectivity index is 1.93. The van der Waals surface area contributed by atoms with Crippen molar-refractivity contribution in [3.63, 3.8) is 0 Å². The van der Waals surface area contributed by atoms with Crippen LogP contribution in [-0.4, -0.2) is 37.0 Å². The summed E-state index contributed by atoms with van der Waals surface area (Å²) in [6.45, 7) is 3.90. The molecular weight excluding hydrogens is 458 g/mol. The van der Waals surface area contributed by atoms with Gasteiger partial charge < -0.3 is 14.6 Å². The number of carbonyl (C=O) groups excluding carboxylic acids is 3. The van der Waals surface area contributed by atoms with Gasteiger partial charge in [-0.1, -0.05) is 42.8 Å². The topological polar surface area (TPSA) is 93.1 Å². The number of hydrogen-bond donors (Lipinski definition) is 1. The minimum atomic E-state index is -0.884. The molecule has 0 radical (unpaired) electrons. The first kappa shape index (κ1) is 24.7. The van der Waals surface area contributed by atoms with Gasteiger partial charge in [0.15, 0.2) is 0 Å². The van der Waals surface area contributed by atoms with Crippen molar-refractivity contribution in [1.82, 2.24) is 0 Å². The zero-order valence-electron chi connectivity index (χ0n) is 20.6. The molecule has 1 amide bonds. The normalized spacial score (nSPS) is 16.8. The summed E-state index contributed by atoms with van der Waals surface area (Å²) in [7, 11) is 2.76. The number of aryl methyl sites for hydroxylation is 2. The highest BCUT2D eigenvalue weighted by Crippen LogP contribution is 2.43. The Morgan fingerprint density at radius 2 is 1.64 bits per heavy atom. The lowest BCUT2D eigenvalue weighted by Crippen LogP contribution is -2.29. The molecule has 1 atom stereocenters. The third kappa shape index (κ3) is 4.35. The molecule has 36 heavy (non-hydrogen) atoms. The van der Waals surface area contributed by atoms with Crippen molar-refractivity contribution in [1.29, 1.82) is 0 Å². The van der Waals surface area contributed by atoms with E-state index in [9.17, 15) is 19.5 Å². The molecule has 1 aliphatic heterocycles. The number of anilines is 1. The first-order chi connectivity index (χ1) is 17.3. The molecule has 0 saturated carbocycles. The lowest BCUT2D eigenvalue weighted by Gasteiger charge is -2.26. The molecule has 1 unspecified atom stereocenters. The van der Waals surface area contributed by atoms with E-state index < -0.39 is 23.7 Å². The number of carbonyl (C=O) groups is 3. The molecule has 1 heterocycles. The molecule has 1 aliphatic rings. The van der Waals surface area contributed by atoms with Gasteiger partial charge in [-0.25, -0.2) is 4.79 Å². The molecule has 0 aliphatic carbocycles. The van der Waals surface area contributed by atoms with Crippen molar-refractivity contribution in [3.05, 3.63) is 100 Å². The first-order valence-corrected chi connectivity index (χ1v) is 11.5. The predicted molar refractivity (Wildman–Crippen MR) is 136 cm³/mol. The highest BCUT2D eigenvalue weighted by Gasteiger charge is 2.47. The van der Waals surface area contributed by atoms with Gasteiger partial charge in [-0.05, 0) is 60.9 Å². The molecule has 0 bridgehead atoms. The molecule has 3 aromatic carbocycles. The largest absolute Gasteiger partial charge is 0.507 e. The van der Waals surface area contributed by atoms with Crippen LogP contribution >= 0.6 is 0 Å². The molecule has 7 nitrogen and oxygen atoms in total. The van der Waals surface area contributed by atoms with Gasteiger partial charge in [0.2, 0.25) is 0 Å². The second-order valence-electron chi connectivity index (χ2n) is 8.51. The van der Waals surface area contributed by atoms with Crippen molar-refractivity contribution in [2.24, 2.45) is 0 Å². The lowest BCUT2D eigenvalue weighted by atomic mass is 9.93. The van der Waals surface area contributed by atoms with Crippen molar-refractivity contribution < 1.29 is 29.0 Å². The standard InChI is InChI=1S/C29H27NO6/c1-5-18-7-9-19(10-8-18)25-24(26(31)22-16-17(2)6-15-23(22)35-3)27(32)28(33)30(25)21-13-11-20(12-14-21)29(34)36-4/h6-16,25,31H,5H2,1-4H3/b26-24+. The van der Waals surface area contributed by atoms with Gasteiger partial charge in [0.25, 0.3) is 11.7 Å². The zero-order valence-corrected chi connectivity index (χ0v) is 20.6. The lowest BCUT2D eigenvalue weighted by molar-refractivity contribution is -0.132. The quantitative estimate of drug-likeness (QED) is 0.229. The number of methoxy groups -OCH3 is 2. The summed E-state index contributed by atoms with van der Waals surface area (Å²) in [5.41, 5.74) is 3.62. The van der Waals surface area contributed by atoms with Crippen LogP contribution in [0.25, 0.3) is 5.76 Å². The van der Waals surface area contributed by atoms with Crippen molar-refractivity contribution in [3.8, 4) is 5.75 Å². The van der Waals surface area contributed by atoms with Crippen molar-refractivity contribution >= 4 is 29.1 Å². The van der Waals surface area contributed by atoms with E-state index in [-0.39, 0.29) is 11.3 Å². The highest BCUT2D eigenvalue weighted by molar-refractivity contribution is 6.51. The molecule has 3 aromatic rings. The maximum Gasteiger partial charge on any atom is 0.337 e. The van der Waals surface area contributed by atoms with Crippen LogP contribution in [-0.2, 0) is 20.7 Å². The Hall–Kier alpha value is -4.39. The number of benzene rings is 3. The summed E-state index contributed by atoms with van der Waals surface area (Å²) >= 11 is 0. The summed E-state index contributed by atoms with van der Waals surface area (Å²) < 4.78 is 10.2. The van der Waals surface area contributed by atoms with Gasteiger partial charge in [-0.15, -0.1) is 0 Å². The molecule has 184 valence electrons. The fourth-order valence-corrected chi connectivity index (χ4v) is 4.38. The van der Waals surface area contributed by atoms with Crippen LogP contribution in [0.5, 0.6) is 5.75 Å². The van der Waals surface area contributed by atoms with Crippen LogP contribution in [0.2, 0.25) is 0 Å². The Labute approximate surface area is 209 Å². The number of ketones is 1. The number of rotatable bonds is 6. The van der Waals surface area contributed by atoms with Crippen LogP contribution in [0, 0.1) is 6.92 Å². The van der Waals surface area contributed by atoms with E-state index >= 15 is 0 Å². The Bertz CT molecular complexity index is 1360. The smallest absolute Gasteiger partial charge is 0.337 e. The zero-order chi connectivity index (χ0) is 26.0. The summed E-state index contributed by atoms with van der Waals surface area (Å²) in [5.74, 6) is -2.03. The summed E-state index contributed by atoms with van der Waals surface area (Å²) in [6.07, 6.45) is 0.829. The van der Waals surface area contributed by atoms with E-state index in [1.165, 1.54) is 31.3 Å². The number of aliphatic hydroxyl groups excluding tert-OH is 1. The SMILES string of the molecule is CCc1ccc(C2/C(=C(\O)c3cc(C)ccc3OC)C(=O)C(=O)N2c2ccc(C(=O)OC)cc2)cc1. The molecule has 1 N–H and O–H groups in total. The molecular formula is C29H27NO6. The Morgan fingerprint density at radius 1 is 0.972 bits per heavy atom. The second kappa shape index (κ2) is 10.1. The molecule has 7 heteroatoms. The van der Waals surface area contributed by atoms with Crippen LogP contribution in [0.1, 0.15) is 45.6 Å². The minimum Gasteiger partial charge on any atom is -0.507 e. The monoisotopic (exact) mass is 485 g/mol. The molecule has 0 spiro atoms. The maximum absolute atomic E-state index is 13.4. The van der Waals surface area contributed by atoms with Crippen LogP contribution < -0.4 is 9.64 Å². The summed E-state index contributed by atoms with van der Waals surface area (Å²) in [4.78, 5) is 40.0. The van der Waals surface area contributed by atoms with Crippen LogP contribution in [0.4, 0.5) is 5.69 Å². The molecule has 1 fully saturated rings. The van der Waals surface area contributed by atoms with Crippen LogP contribution in [0.3, 0.4) is 0 Å². The summed E-state index contributed by atoms with van der Waals surface area (Å²) in [6, 6.07) is 18.2. The number of hydrogen-bond acceptors (Lipinski definition) is 6. The van der Waals surface area contributed by atoms with Crippen LogP contribution in [0.15, 0.2) is 72.3 Å². The average molecular weight is 486 g/mol. The Morgan fingerprint density at radius 3 is 2.22 bits per heavy atom. The van der Waals surface area contributed by atoms with Gasteiger partial charge >= 0.3 is 5.97 Å². The van der Waals surface area contributed by atoms with E-state index in [4.69, 9.17) is 9.47 Å². The Kier molecular flexibility index (Phi) is 6.92. The van der Waals surface area contributed by atoms with E-state index in [2.05, 4.69) is 0 Å². The van der Waals surface area contributed by atoms with Gasteiger partial charge in [0.05, 0.1) is 37.0 Å². The fraction of sp³-hybridized carbons (Fsp3) is 0.207.